The number of amides is 1. The van der Waals surface area contributed by atoms with Gasteiger partial charge in [-0.2, -0.15) is 0 Å². The third-order valence-corrected chi connectivity index (χ3v) is 3.61. The highest BCUT2D eigenvalue weighted by molar-refractivity contribution is 5.99. The van der Waals surface area contributed by atoms with E-state index in [4.69, 9.17) is 4.42 Å². The Morgan fingerprint density at radius 2 is 2.05 bits per heavy atom. The van der Waals surface area contributed by atoms with Crippen LogP contribution in [0, 0.1) is 19.8 Å². The molecule has 2 aromatic rings. The molecule has 108 valence electrons. The van der Waals surface area contributed by atoms with Crippen molar-refractivity contribution in [1.29, 1.82) is 0 Å². The summed E-state index contributed by atoms with van der Waals surface area (Å²) in [5.41, 5.74) is 2.59. The van der Waals surface area contributed by atoms with Gasteiger partial charge in [0.25, 0.3) is 5.91 Å². The van der Waals surface area contributed by atoms with Crippen LogP contribution in [0.1, 0.15) is 35.5 Å². The van der Waals surface area contributed by atoms with E-state index >= 15 is 0 Å². The molecule has 1 atom stereocenters. The number of hydrogen-bond acceptors (Lipinski definition) is 3. The van der Waals surface area contributed by atoms with Crippen LogP contribution in [0.15, 0.2) is 22.6 Å². The zero-order chi connectivity index (χ0) is 14.9. The molecule has 0 spiro atoms. The lowest BCUT2D eigenvalue weighted by atomic mass is 10.1. The molecule has 20 heavy (non-hydrogen) atoms. The minimum Gasteiger partial charge on any atom is -0.450 e. The predicted octanol–water partition coefficient (Wildman–Crippen LogP) is 2.80. The second-order valence-electron chi connectivity index (χ2n) is 5.53. The molecule has 1 aromatic carbocycles. The van der Waals surface area contributed by atoms with Crippen molar-refractivity contribution in [2.45, 2.75) is 33.8 Å². The van der Waals surface area contributed by atoms with Gasteiger partial charge in [-0.1, -0.05) is 32.0 Å². The molecule has 0 aliphatic rings. The zero-order valence-corrected chi connectivity index (χ0v) is 12.4. The zero-order valence-electron chi connectivity index (χ0n) is 12.4. The van der Waals surface area contributed by atoms with Crippen LogP contribution >= 0.6 is 0 Å². The first-order valence-corrected chi connectivity index (χ1v) is 6.86. The van der Waals surface area contributed by atoms with Crippen LogP contribution in [0.4, 0.5) is 0 Å². The van der Waals surface area contributed by atoms with E-state index in [1.165, 1.54) is 0 Å². The van der Waals surface area contributed by atoms with Gasteiger partial charge in [0.05, 0.1) is 6.10 Å². The molecular formula is C16H21NO3. The van der Waals surface area contributed by atoms with Crippen molar-refractivity contribution >= 4 is 16.9 Å². The molecule has 1 heterocycles. The molecule has 0 saturated heterocycles. The molecule has 0 saturated carbocycles. The first-order valence-electron chi connectivity index (χ1n) is 6.86. The third kappa shape index (κ3) is 2.70. The normalized spacial score (nSPS) is 12.9. The summed E-state index contributed by atoms with van der Waals surface area (Å²) in [4.78, 5) is 12.2. The molecule has 2 rings (SSSR count). The van der Waals surface area contributed by atoms with Crippen molar-refractivity contribution in [1.82, 2.24) is 5.32 Å². The van der Waals surface area contributed by atoms with Gasteiger partial charge >= 0.3 is 0 Å². The molecule has 0 radical (unpaired) electrons. The van der Waals surface area contributed by atoms with Crippen LogP contribution in [0.3, 0.4) is 0 Å². The average Bonchev–Trinajstić information content (AvgIpc) is 2.75. The second-order valence-corrected chi connectivity index (χ2v) is 5.53. The number of hydrogen-bond donors (Lipinski definition) is 2. The molecule has 1 amide bonds. The maximum atomic E-state index is 12.2. The Balaban J connectivity index is 2.23. The van der Waals surface area contributed by atoms with E-state index in [2.05, 4.69) is 5.32 Å². The Bertz CT molecular complexity index is 628. The number of aliphatic hydroxyl groups excluding tert-OH is 1. The fraction of sp³-hybridized carbons (Fsp3) is 0.438. The summed E-state index contributed by atoms with van der Waals surface area (Å²) in [5.74, 6) is 0.150. The maximum Gasteiger partial charge on any atom is 0.287 e. The van der Waals surface area contributed by atoms with E-state index in [1.54, 1.807) is 0 Å². The summed E-state index contributed by atoms with van der Waals surface area (Å²) < 4.78 is 5.69. The fourth-order valence-corrected chi connectivity index (χ4v) is 2.11. The van der Waals surface area contributed by atoms with E-state index < -0.39 is 6.10 Å². The van der Waals surface area contributed by atoms with Crippen LogP contribution in [0.25, 0.3) is 11.0 Å². The predicted molar refractivity (Wildman–Crippen MR) is 78.9 cm³/mol. The van der Waals surface area contributed by atoms with Crippen LogP contribution in [0.5, 0.6) is 0 Å². The number of aryl methyl sites for hydroxylation is 2. The Labute approximate surface area is 118 Å². The van der Waals surface area contributed by atoms with E-state index in [-0.39, 0.29) is 18.4 Å². The highest BCUT2D eigenvalue weighted by Crippen LogP contribution is 2.27. The van der Waals surface area contributed by atoms with Crippen LogP contribution < -0.4 is 5.32 Å². The Hall–Kier alpha value is -1.81. The van der Waals surface area contributed by atoms with Crippen molar-refractivity contribution in [2.24, 2.45) is 5.92 Å². The van der Waals surface area contributed by atoms with Gasteiger partial charge in [-0.25, -0.2) is 0 Å². The Morgan fingerprint density at radius 3 is 2.65 bits per heavy atom. The molecule has 4 heteroatoms. The number of aliphatic hydroxyl groups is 1. The molecule has 1 unspecified atom stereocenters. The molecule has 4 nitrogen and oxygen atoms in total. The van der Waals surface area contributed by atoms with Gasteiger partial charge in [-0.15, -0.1) is 0 Å². The van der Waals surface area contributed by atoms with E-state index in [1.807, 2.05) is 45.9 Å². The molecule has 0 bridgehead atoms. The number of nitrogens with one attached hydrogen (secondary N) is 1. The first kappa shape index (κ1) is 14.6. The van der Waals surface area contributed by atoms with Crippen molar-refractivity contribution in [2.75, 3.05) is 6.54 Å². The van der Waals surface area contributed by atoms with Gasteiger partial charge in [-0.3, -0.25) is 4.79 Å². The van der Waals surface area contributed by atoms with Gasteiger partial charge < -0.3 is 14.8 Å². The van der Waals surface area contributed by atoms with Crippen LogP contribution in [-0.2, 0) is 0 Å². The summed E-state index contributed by atoms with van der Waals surface area (Å²) in [6.07, 6.45) is -0.551. The van der Waals surface area contributed by atoms with Gasteiger partial charge in [0, 0.05) is 17.5 Å². The van der Waals surface area contributed by atoms with Gasteiger partial charge in [0.2, 0.25) is 0 Å². The number of carbonyl (C=O) groups is 1. The van der Waals surface area contributed by atoms with E-state index in [9.17, 15) is 9.90 Å². The topological polar surface area (TPSA) is 62.5 Å². The Kier molecular flexibility index (Phi) is 4.14. The lowest BCUT2D eigenvalue weighted by Gasteiger charge is -2.14. The highest BCUT2D eigenvalue weighted by Gasteiger charge is 2.19. The minimum atomic E-state index is -0.551. The lowest BCUT2D eigenvalue weighted by molar-refractivity contribution is 0.0848. The largest absolute Gasteiger partial charge is 0.450 e. The number of rotatable bonds is 4. The molecule has 0 fully saturated rings. The van der Waals surface area contributed by atoms with E-state index in [0.717, 1.165) is 22.1 Å². The summed E-state index contributed by atoms with van der Waals surface area (Å²) in [7, 11) is 0. The number of benzene rings is 1. The number of carbonyl (C=O) groups excluding carboxylic acids is 1. The third-order valence-electron chi connectivity index (χ3n) is 3.61. The number of furan rings is 1. The highest BCUT2D eigenvalue weighted by atomic mass is 16.3. The maximum absolute atomic E-state index is 12.2. The summed E-state index contributed by atoms with van der Waals surface area (Å²) in [5, 5.41) is 13.4. The van der Waals surface area contributed by atoms with Crippen LogP contribution in [-0.4, -0.2) is 23.7 Å². The van der Waals surface area contributed by atoms with Crippen LogP contribution in [0.2, 0.25) is 0 Å². The average molecular weight is 275 g/mol. The second kappa shape index (κ2) is 5.67. The van der Waals surface area contributed by atoms with Gasteiger partial charge in [0.1, 0.15) is 5.58 Å². The van der Waals surface area contributed by atoms with Gasteiger partial charge in [-0.05, 0) is 25.3 Å². The quantitative estimate of drug-likeness (QED) is 0.902. The SMILES string of the molecule is Cc1c(C(=O)NCC(O)C(C)C)oc2c(C)cccc12. The molecule has 0 aliphatic heterocycles. The standard InChI is InChI=1S/C16H21NO3/c1-9(2)13(18)8-17-16(19)15-11(4)12-7-5-6-10(3)14(12)20-15/h5-7,9,13,18H,8H2,1-4H3,(H,17,19). The van der Waals surface area contributed by atoms with Crippen molar-refractivity contribution in [3.8, 4) is 0 Å². The molecular weight excluding hydrogens is 254 g/mol. The van der Waals surface area contributed by atoms with Crippen molar-refractivity contribution in [3.05, 3.63) is 35.1 Å². The van der Waals surface area contributed by atoms with Crippen molar-refractivity contribution in [3.63, 3.8) is 0 Å². The molecule has 1 aromatic heterocycles. The number of para-hydroxylation sites is 1. The van der Waals surface area contributed by atoms with Gasteiger partial charge in [0.15, 0.2) is 5.76 Å². The Morgan fingerprint density at radius 1 is 1.35 bits per heavy atom. The minimum absolute atomic E-state index is 0.106. The fourth-order valence-electron chi connectivity index (χ4n) is 2.11. The first-order chi connectivity index (χ1) is 9.41. The summed E-state index contributed by atoms with van der Waals surface area (Å²) in [6, 6.07) is 5.85. The number of fused-ring (bicyclic) bond motifs is 1. The van der Waals surface area contributed by atoms with E-state index in [0.29, 0.717) is 5.76 Å². The summed E-state index contributed by atoms with van der Waals surface area (Å²) in [6.45, 7) is 7.87. The monoisotopic (exact) mass is 275 g/mol. The van der Waals surface area contributed by atoms with Crippen molar-refractivity contribution < 1.29 is 14.3 Å². The summed E-state index contributed by atoms with van der Waals surface area (Å²) >= 11 is 0. The molecule has 2 N–H and O–H groups in total. The lowest BCUT2D eigenvalue weighted by Crippen LogP contribution is -2.34. The molecule has 0 aliphatic carbocycles. The smallest absolute Gasteiger partial charge is 0.287 e.